The topological polar surface area (TPSA) is 20.3 Å². The third-order valence-electron chi connectivity index (χ3n) is 2.56. The molecule has 0 fully saturated rings. The predicted octanol–water partition coefficient (Wildman–Crippen LogP) is 2.65. The van der Waals surface area contributed by atoms with Crippen molar-refractivity contribution in [3.05, 3.63) is 34.9 Å². The van der Waals surface area contributed by atoms with Crippen LogP contribution in [0.15, 0.2) is 24.3 Å². The van der Waals surface area contributed by atoms with Gasteiger partial charge in [-0.25, -0.2) is 0 Å². The van der Waals surface area contributed by atoms with E-state index in [0.717, 1.165) is 23.6 Å². The van der Waals surface area contributed by atoms with Crippen molar-refractivity contribution < 1.29 is 4.79 Å². The number of nitrogens with zero attached hydrogens (tertiary/aromatic N) is 1. The zero-order chi connectivity index (χ0) is 12.1. The van der Waals surface area contributed by atoms with Gasteiger partial charge in [0.15, 0.2) is 0 Å². The maximum Gasteiger partial charge on any atom is 0.134 e. The number of rotatable bonds is 5. The number of hydrogen-bond acceptors (Lipinski definition) is 2. The second kappa shape index (κ2) is 6.02. The van der Waals surface area contributed by atoms with Gasteiger partial charge in [-0.1, -0.05) is 23.7 Å². The number of benzene rings is 1. The van der Waals surface area contributed by atoms with E-state index in [1.165, 1.54) is 0 Å². The molecule has 3 heteroatoms. The lowest BCUT2D eigenvalue weighted by atomic mass is 9.95. The molecule has 0 aliphatic rings. The first kappa shape index (κ1) is 13.2. The van der Waals surface area contributed by atoms with Crippen LogP contribution in [0, 0.1) is 5.92 Å². The number of carbonyl (C=O) groups excluding carboxylic acids is 1. The standard InChI is InChI=1S/C13H18ClNO/c1-10(16)12(9-15(2)3)8-11-4-6-13(14)7-5-11/h4-7,12H,8-9H2,1-3H3. The predicted molar refractivity (Wildman–Crippen MR) is 67.9 cm³/mol. The molecule has 1 aromatic carbocycles. The average Bonchev–Trinajstić information content (AvgIpc) is 2.19. The highest BCUT2D eigenvalue weighted by atomic mass is 35.5. The molecule has 1 rings (SSSR count). The van der Waals surface area contributed by atoms with E-state index in [-0.39, 0.29) is 11.7 Å². The zero-order valence-electron chi connectivity index (χ0n) is 10.0. The minimum Gasteiger partial charge on any atom is -0.309 e. The largest absolute Gasteiger partial charge is 0.309 e. The summed E-state index contributed by atoms with van der Waals surface area (Å²) in [5.41, 5.74) is 1.16. The third-order valence-corrected chi connectivity index (χ3v) is 2.81. The molecule has 88 valence electrons. The Balaban J connectivity index is 2.68. The fourth-order valence-corrected chi connectivity index (χ4v) is 1.81. The van der Waals surface area contributed by atoms with Gasteiger partial charge in [0.05, 0.1) is 0 Å². The van der Waals surface area contributed by atoms with Crippen LogP contribution in [-0.4, -0.2) is 31.3 Å². The highest BCUT2D eigenvalue weighted by Crippen LogP contribution is 2.14. The Morgan fingerprint density at radius 2 is 1.88 bits per heavy atom. The molecular formula is C13H18ClNO. The summed E-state index contributed by atoms with van der Waals surface area (Å²) in [5.74, 6) is 0.305. The van der Waals surface area contributed by atoms with Crippen molar-refractivity contribution in [2.45, 2.75) is 13.3 Å². The maximum atomic E-state index is 11.5. The fourth-order valence-electron chi connectivity index (χ4n) is 1.68. The molecular weight excluding hydrogens is 222 g/mol. The summed E-state index contributed by atoms with van der Waals surface area (Å²) in [6, 6.07) is 7.69. The minimum atomic E-state index is 0.0659. The third kappa shape index (κ3) is 4.33. The smallest absolute Gasteiger partial charge is 0.134 e. The Morgan fingerprint density at radius 1 is 1.31 bits per heavy atom. The minimum absolute atomic E-state index is 0.0659. The molecule has 0 heterocycles. The van der Waals surface area contributed by atoms with Gasteiger partial charge in [-0.15, -0.1) is 0 Å². The first-order chi connectivity index (χ1) is 7.49. The molecule has 1 aromatic rings. The Kier molecular flexibility index (Phi) is 4.97. The summed E-state index contributed by atoms with van der Waals surface area (Å²) < 4.78 is 0. The number of carbonyl (C=O) groups is 1. The van der Waals surface area contributed by atoms with E-state index in [9.17, 15) is 4.79 Å². The van der Waals surface area contributed by atoms with Crippen molar-refractivity contribution in [2.75, 3.05) is 20.6 Å². The molecule has 0 saturated heterocycles. The molecule has 0 aliphatic heterocycles. The van der Waals surface area contributed by atoms with Crippen molar-refractivity contribution in [3.8, 4) is 0 Å². The molecule has 0 spiro atoms. The van der Waals surface area contributed by atoms with Crippen LogP contribution in [-0.2, 0) is 11.2 Å². The Labute approximate surface area is 102 Å². The van der Waals surface area contributed by atoms with Gasteiger partial charge in [-0.2, -0.15) is 0 Å². The van der Waals surface area contributed by atoms with E-state index < -0.39 is 0 Å². The fraction of sp³-hybridized carbons (Fsp3) is 0.462. The van der Waals surface area contributed by atoms with Crippen molar-refractivity contribution in [3.63, 3.8) is 0 Å². The van der Waals surface area contributed by atoms with Crippen LogP contribution in [0.4, 0.5) is 0 Å². The first-order valence-electron chi connectivity index (χ1n) is 5.38. The molecule has 0 aromatic heterocycles. The second-order valence-corrected chi connectivity index (χ2v) is 4.84. The normalized spacial score (nSPS) is 12.8. The van der Waals surface area contributed by atoms with Crippen LogP contribution in [0.3, 0.4) is 0 Å². The highest BCUT2D eigenvalue weighted by molar-refractivity contribution is 6.30. The number of Topliss-reactive ketones (excluding diaryl/α,β-unsaturated/α-hetero) is 1. The van der Waals surface area contributed by atoms with E-state index in [1.807, 2.05) is 43.3 Å². The van der Waals surface area contributed by atoms with Crippen molar-refractivity contribution in [1.29, 1.82) is 0 Å². The Bertz CT molecular complexity index is 345. The lowest BCUT2D eigenvalue weighted by molar-refractivity contribution is -0.121. The average molecular weight is 240 g/mol. The van der Waals surface area contributed by atoms with Crippen molar-refractivity contribution >= 4 is 17.4 Å². The second-order valence-electron chi connectivity index (χ2n) is 4.40. The van der Waals surface area contributed by atoms with E-state index in [0.29, 0.717) is 0 Å². The number of halogens is 1. The maximum absolute atomic E-state index is 11.5. The van der Waals surface area contributed by atoms with Gasteiger partial charge in [-0.3, -0.25) is 4.79 Å². The van der Waals surface area contributed by atoms with Crippen LogP contribution in [0.5, 0.6) is 0 Å². The molecule has 16 heavy (non-hydrogen) atoms. The van der Waals surface area contributed by atoms with Crippen LogP contribution < -0.4 is 0 Å². The summed E-state index contributed by atoms with van der Waals surface area (Å²) in [6.45, 7) is 2.45. The molecule has 0 radical (unpaired) electrons. The molecule has 1 unspecified atom stereocenters. The van der Waals surface area contributed by atoms with Crippen LogP contribution in [0.25, 0.3) is 0 Å². The Morgan fingerprint density at radius 3 is 2.31 bits per heavy atom. The highest BCUT2D eigenvalue weighted by Gasteiger charge is 2.15. The van der Waals surface area contributed by atoms with E-state index in [4.69, 9.17) is 11.6 Å². The summed E-state index contributed by atoms with van der Waals surface area (Å²) >= 11 is 5.82. The van der Waals surface area contributed by atoms with Crippen LogP contribution >= 0.6 is 11.6 Å². The van der Waals surface area contributed by atoms with Crippen molar-refractivity contribution in [2.24, 2.45) is 5.92 Å². The molecule has 1 atom stereocenters. The summed E-state index contributed by atoms with van der Waals surface area (Å²) in [4.78, 5) is 13.5. The van der Waals surface area contributed by atoms with Gasteiger partial charge in [0.25, 0.3) is 0 Å². The van der Waals surface area contributed by atoms with E-state index in [2.05, 4.69) is 0 Å². The van der Waals surface area contributed by atoms with Crippen molar-refractivity contribution in [1.82, 2.24) is 4.90 Å². The van der Waals surface area contributed by atoms with Gasteiger partial charge in [0.1, 0.15) is 5.78 Å². The molecule has 0 bridgehead atoms. The molecule has 0 aliphatic carbocycles. The van der Waals surface area contributed by atoms with Gasteiger partial charge < -0.3 is 4.90 Å². The van der Waals surface area contributed by atoms with Crippen LogP contribution in [0.2, 0.25) is 5.02 Å². The molecule has 2 nitrogen and oxygen atoms in total. The summed E-state index contributed by atoms with van der Waals surface area (Å²) in [5, 5.41) is 0.732. The van der Waals surface area contributed by atoms with Crippen LogP contribution in [0.1, 0.15) is 12.5 Å². The lowest BCUT2D eigenvalue weighted by Crippen LogP contribution is -2.28. The SMILES string of the molecule is CC(=O)C(Cc1ccc(Cl)cc1)CN(C)C. The van der Waals surface area contributed by atoms with E-state index >= 15 is 0 Å². The van der Waals surface area contributed by atoms with Gasteiger partial charge in [-0.05, 0) is 45.1 Å². The quantitative estimate of drug-likeness (QED) is 0.788. The number of ketones is 1. The zero-order valence-corrected chi connectivity index (χ0v) is 10.8. The Hall–Kier alpha value is -0.860. The summed E-state index contributed by atoms with van der Waals surface area (Å²) in [7, 11) is 3.97. The molecule has 0 amide bonds. The van der Waals surface area contributed by atoms with Gasteiger partial charge >= 0.3 is 0 Å². The lowest BCUT2D eigenvalue weighted by Gasteiger charge is -2.18. The number of hydrogen-bond donors (Lipinski definition) is 0. The monoisotopic (exact) mass is 239 g/mol. The van der Waals surface area contributed by atoms with E-state index in [1.54, 1.807) is 6.92 Å². The molecule has 0 saturated carbocycles. The summed E-state index contributed by atoms with van der Waals surface area (Å²) in [6.07, 6.45) is 0.782. The first-order valence-corrected chi connectivity index (χ1v) is 5.76. The van der Waals surface area contributed by atoms with Gasteiger partial charge in [0, 0.05) is 17.5 Å². The molecule has 0 N–H and O–H groups in total. The van der Waals surface area contributed by atoms with Gasteiger partial charge in [0.2, 0.25) is 0 Å².